The van der Waals surface area contributed by atoms with Gasteiger partial charge in [-0.25, -0.2) is 9.07 Å². The minimum absolute atomic E-state index is 0.315. The maximum absolute atomic E-state index is 13.6. The maximum Gasteiger partial charge on any atom is 0.261 e. The molecular formula is C26H20ClFN4O2. The van der Waals surface area contributed by atoms with Crippen LogP contribution in [0.5, 0.6) is 5.75 Å². The van der Waals surface area contributed by atoms with Crippen molar-refractivity contribution < 1.29 is 13.9 Å². The number of anilines is 2. The zero-order chi connectivity index (χ0) is 23.7. The summed E-state index contributed by atoms with van der Waals surface area (Å²) < 4.78 is 20.6. The molecule has 170 valence electrons. The largest absolute Gasteiger partial charge is 0.497 e. The number of carbonyl (C=O) groups excluding carboxylic acids is 1. The number of fused-ring (bicyclic) bond motifs is 1. The fourth-order valence-corrected chi connectivity index (χ4v) is 3.96. The molecule has 1 atom stereocenters. The Morgan fingerprint density at radius 1 is 1.06 bits per heavy atom. The lowest BCUT2D eigenvalue weighted by Gasteiger charge is -2.26. The van der Waals surface area contributed by atoms with E-state index in [9.17, 15) is 9.18 Å². The summed E-state index contributed by atoms with van der Waals surface area (Å²) in [4.78, 5) is 13.1. The van der Waals surface area contributed by atoms with Gasteiger partial charge in [0.15, 0.2) is 0 Å². The molecule has 1 aliphatic rings. The average molecular weight is 475 g/mol. The van der Waals surface area contributed by atoms with Crippen molar-refractivity contribution in [1.29, 1.82) is 0 Å². The van der Waals surface area contributed by atoms with E-state index in [-0.39, 0.29) is 17.8 Å². The number of halogens is 2. The minimum atomic E-state index is -0.342. The third-order valence-electron chi connectivity index (χ3n) is 5.60. The van der Waals surface area contributed by atoms with E-state index in [1.165, 1.54) is 18.3 Å². The third kappa shape index (κ3) is 4.25. The van der Waals surface area contributed by atoms with Gasteiger partial charge < -0.3 is 15.4 Å². The SMILES string of the molecule is COc1ccc(C2=C[C@H](c3ccc(F)cc3)n3ncc(C(=O)Nc4ccc(Cl)cc4)c3N2)cc1. The molecule has 6 nitrogen and oxygen atoms in total. The molecule has 0 spiro atoms. The molecule has 4 aromatic rings. The highest BCUT2D eigenvalue weighted by Gasteiger charge is 2.28. The number of aromatic nitrogens is 2. The Hall–Kier alpha value is -4.10. The van der Waals surface area contributed by atoms with Crippen molar-refractivity contribution in [3.8, 4) is 5.75 Å². The van der Waals surface area contributed by atoms with Crippen molar-refractivity contribution in [2.45, 2.75) is 6.04 Å². The quantitative estimate of drug-likeness (QED) is 0.372. The van der Waals surface area contributed by atoms with Crippen molar-refractivity contribution in [3.05, 3.63) is 113 Å². The molecule has 5 rings (SSSR count). The number of benzene rings is 3. The molecule has 0 unspecified atom stereocenters. The second-order valence-corrected chi connectivity index (χ2v) is 8.18. The summed E-state index contributed by atoms with van der Waals surface area (Å²) in [6.07, 6.45) is 3.52. The number of carbonyl (C=O) groups is 1. The highest BCUT2D eigenvalue weighted by atomic mass is 35.5. The van der Waals surface area contributed by atoms with Crippen LogP contribution in [0.4, 0.5) is 15.9 Å². The van der Waals surface area contributed by atoms with E-state index >= 15 is 0 Å². The fourth-order valence-electron chi connectivity index (χ4n) is 3.83. The van der Waals surface area contributed by atoms with Crippen LogP contribution in [-0.2, 0) is 0 Å². The molecule has 1 aliphatic heterocycles. The van der Waals surface area contributed by atoms with E-state index in [2.05, 4.69) is 15.7 Å². The molecule has 8 heteroatoms. The molecule has 0 aliphatic carbocycles. The summed E-state index contributed by atoms with van der Waals surface area (Å²) in [6, 6.07) is 20.4. The van der Waals surface area contributed by atoms with E-state index in [4.69, 9.17) is 16.3 Å². The number of ether oxygens (including phenoxy) is 1. The van der Waals surface area contributed by atoms with Gasteiger partial charge in [0.1, 0.15) is 22.9 Å². The summed E-state index contributed by atoms with van der Waals surface area (Å²) in [6.45, 7) is 0. The predicted octanol–water partition coefficient (Wildman–Crippen LogP) is 5.99. The number of methoxy groups -OCH3 is 1. The lowest BCUT2D eigenvalue weighted by molar-refractivity contribution is 0.102. The number of amides is 1. The summed E-state index contributed by atoms with van der Waals surface area (Å²) in [5.74, 6) is 0.642. The fraction of sp³-hybridized carbons (Fsp3) is 0.0769. The predicted molar refractivity (Wildman–Crippen MR) is 131 cm³/mol. The van der Waals surface area contributed by atoms with Crippen LogP contribution in [0.2, 0.25) is 5.02 Å². The van der Waals surface area contributed by atoms with Gasteiger partial charge in [-0.2, -0.15) is 5.10 Å². The standard InChI is InChI=1S/C26H20ClFN4O2/c1-34-21-12-4-16(5-13-21)23-14-24(17-2-8-19(28)9-3-17)32-25(31-23)22(15-29-32)26(33)30-20-10-6-18(27)7-11-20/h2-15,24,31H,1H3,(H,30,33)/t24-/m1/s1. The van der Waals surface area contributed by atoms with Gasteiger partial charge in [0.2, 0.25) is 0 Å². The van der Waals surface area contributed by atoms with Crippen LogP contribution >= 0.6 is 11.6 Å². The molecule has 0 saturated carbocycles. The van der Waals surface area contributed by atoms with Crippen molar-refractivity contribution in [2.24, 2.45) is 0 Å². The van der Waals surface area contributed by atoms with Crippen LogP contribution in [0.25, 0.3) is 5.70 Å². The van der Waals surface area contributed by atoms with Gasteiger partial charge in [-0.1, -0.05) is 23.7 Å². The van der Waals surface area contributed by atoms with Crippen molar-refractivity contribution in [3.63, 3.8) is 0 Å². The Morgan fingerprint density at radius 2 is 1.76 bits per heavy atom. The number of hydrogen-bond donors (Lipinski definition) is 2. The molecule has 3 aromatic carbocycles. The lowest BCUT2D eigenvalue weighted by atomic mass is 10.0. The van der Waals surface area contributed by atoms with Crippen molar-refractivity contribution in [1.82, 2.24) is 9.78 Å². The van der Waals surface area contributed by atoms with E-state index in [0.29, 0.717) is 22.1 Å². The summed E-state index contributed by atoms with van der Waals surface area (Å²) in [7, 11) is 1.61. The van der Waals surface area contributed by atoms with Crippen LogP contribution in [0.15, 0.2) is 85.1 Å². The van der Waals surface area contributed by atoms with Crippen LogP contribution in [0.3, 0.4) is 0 Å². The van der Waals surface area contributed by atoms with Crippen LogP contribution in [0.1, 0.15) is 27.5 Å². The zero-order valence-corrected chi connectivity index (χ0v) is 18.9. The van der Waals surface area contributed by atoms with Crippen LogP contribution < -0.4 is 15.4 Å². The first-order valence-electron chi connectivity index (χ1n) is 10.5. The zero-order valence-electron chi connectivity index (χ0n) is 18.1. The summed E-state index contributed by atoms with van der Waals surface area (Å²) >= 11 is 5.95. The number of nitrogens with zero attached hydrogens (tertiary/aromatic N) is 2. The molecule has 1 aromatic heterocycles. The Bertz CT molecular complexity index is 1360. The van der Waals surface area contributed by atoms with Gasteiger partial charge in [-0.05, 0) is 77.9 Å². The minimum Gasteiger partial charge on any atom is -0.497 e. The average Bonchev–Trinajstić information content (AvgIpc) is 3.30. The van der Waals surface area contributed by atoms with Gasteiger partial charge in [0.25, 0.3) is 5.91 Å². The Morgan fingerprint density at radius 3 is 2.44 bits per heavy atom. The second-order valence-electron chi connectivity index (χ2n) is 7.74. The Labute approximate surface area is 200 Å². The monoisotopic (exact) mass is 474 g/mol. The molecule has 0 fully saturated rings. The lowest BCUT2D eigenvalue weighted by Crippen LogP contribution is -2.22. The number of nitrogens with one attached hydrogen (secondary N) is 2. The first-order valence-corrected chi connectivity index (χ1v) is 10.9. The molecule has 0 saturated heterocycles. The molecular weight excluding hydrogens is 455 g/mol. The molecule has 1 amide bonds. The number of allylic oxidation sites excluding steroid dienone is 1. The van der Waals surface area contributed by atoms with Gasteiger partial charge in [-0.15, -0.1) is 0 Å². The topological polar surface area (TPSA) is 68.2 Å². The molecule has 34 heavy (non-hydrogen) atoms. The van der Waals surface area contributed by atoms with E-state index < -0.39 is 0 Å². The van der Waals surface area contributed by atoms with Crippen molar-refractivity contribution >= 4 is 34.7 Å². The molecule has 2 N–H and O–H groups in total. The molecule has 0 radical (unpaired) electrons. The first-order chi connectivity index (χ1) is 16.5. The number of rotatable bonds is 5. The highest BCUT2D eigenvalue weighted by molar-refractivity contribution is 6.30. The smallest absolute Gasteiger partial charge is 0.261 e. The Kier molecular flexibility index (Phi) is 5.77. The normalized spacial score (nSPS) is 14.6. The highest BCUT2D eigenvalue weighted by Crippen LogP contribution is 2.36. The number of hydrogen-bond acceptors (Lipinski definition) is 4. The third-order valence-corrected chi connectivity index (χ3v) is 5.85. The van der Waals surface area contributed by atoms with Crippen LogP contribution in [-0.4, -0.2) is 22.8 Å². The van der Waals surface area contributed by atoms with Gasteiger partial charge >= 0.3 is 0 Å². The first kappa shape index (κ1) is 21.7. The van der Waals surface area contributed by atoms with E-state index in [1.807, 2.05) is 30.3 Å². The summed E-state index contributed by atoms with van der Waals surface area (Å²) in [5, 5.41) is 11.3. The van der Waals surface area contributed by atoms with Crippen LogP contribution in [0, 0.1) is 5.82 Å². The van der Waals surface area contributed by atoms with E-state index in [1.54, 1.807) is 48.2 Å². The van der Waals surface area contributed by atoms with Gasteiger partial charge in [-0.3, -0.25) is 4.79 Å². The van der Waals surface area contributed by atoms with Gasteiger partial charge in [0, 0.05) is 16.4 Å². The van der Waals surface area contributed by atoms with Gasteiger partial charge in [0.05, 0.1) is 19.3 Å². The summed E-state index contributed by atoms with van der Waals surface area (Å²) in [5.41, 5.74) is 3.53. The second kappa shape index (κ2) is 9.03. The van der Waals surface area contributed by atoms with Crippen molar-refractivity contribution in [2.75, 3.05) is 17.7 Å². The Balaban J connectivity index is 1.54. The van der Waals surface area contributed by atoms with E-state index in [0.717, 1.165) is 22.6 Å². The molecule has 0 bridgehead atoms. The maximum atomic E-state index is 13.6. The molecule has 2 heterocycles.